The number of nitrogens with one attached hydrogen (secondary N) is 1. The predicted octanol–water partition coefficient (Wildman–Crippen LogP) is 2.67. The number of aromatic nitrogens is 1. The summed E-state index contributed by atoms with van der Waals surface area (Å²) in [4.78, 5) is 4.18. The van der Waals surface area contributed by atoms with E-state index in [1.54, 1.807) is 36.5 Å². The minimum absolute atomic E-state index is 0.114. The van der Waals surface area contributed by atoms with Crippen molar-refractivity contribution in [1.82, 2.24) is 9.71 Å². The van der Waals surface area contributed by atoms with Gasteiger partial charge >= 0.3 is 0 Å². The van der Waals surface area contributed by atoms with Crippen molar-refractivity contribution in [2.75, 3.05) is 5.73 Å². The molecule has 1 aromatic heterocycles. The van der Waals surface area contributed by atoms with Crippen LogP contribution in [-0.2, 0) is 16.6 Å². The molecule has 0 fully saturated rings. The fourth-order valence-corrected chi connectivity index (χ4v) is 5.19. The third-order valence-corrected chi connectivity index (χ3v) is 5.74. The number of nitrogen functional groups attached to an aromatic ring is 1. The minimum atomic E-state index is -3.68. The van der Waals surface area contributed by atoms with Crippen LogP contribution >= 0.6 is 31.9 Å². The third-order valence-electron chi connectivity index (χ3n) is 2.46. The average molecular weight is 421 g/mol. The van der Waals surface area contributed by atoms with Gasteiger partial charge in [0.15, 0.2) is 0 Å². The molecular weight excluding hydrogens is 410 g/mol. The van der Waals surface area contributed by atoms with Crippen molar-refractivity contribution in [2.24, 2.45) is 0 Å². The molecular formula is C12H11Br2N3O2S. The van der Waals surface area contributed by atoms with Crippen molar-refractivity contribution in [2.45, 2.75) is 11.4 Å². The molecule has 1 aromatic carbocycles. The Hall–Kier alpha value is -0.960. The molecule has 0 unspecified atom stereocenters. The van der Waals surface area contributed by atoms with Gasteiger partial charge in [-0.3, -0.25) is 4.98 Å². The number of nitrogens with zero attached hydrogens (tertiary/aromatic N) is 1. The van der Waals surface area contributed by atoms with E-state index in [0.717, 1.165) is 0 Å². The lowest BCUT2D eigenvalue weighted by atomic mass is 10.3. The standard InChI is InChI=1S/C12H11Br2N3O2S/c13-10-5-8(15)6-11(14)12(10)20(18,19)17-7-9-3-1-2-4-16-9/h1-6,17H,7,15H2. The molecule has 2 aromatic rings. The van der Waals surface area contributed by atoms with Gasteiger partial charge in [0.25, 0.3) is 0 Å². The number of hydrogen-bond acceptors (Lipinski definition) is 4. The number of sulfonamides is 1. The van der Waals surface area contributed by atoms with Crippen LogP contribution in [0.1, 0.15) is 5.69 Å². The minimum Gasteiger partial charge on any atom is -0.399 e. The van der Waals surface area contributed by atoms with E-state index in [4.69, 9.17) is 5.73 Å². The Morgan fingerprint density at radius 1 is 1.20 bits per heavy atom. The summed E-state index contributed by atoms with van der Waals surface area (Å²) >= 11 is 6.43. The van der Waals surface area contributed by atoms with E-state index < -0.39 is 10.0 Å². The molecule has 3 N–H and O–H groups in total. The lowest BCUT2D eigenvalue weighted by Crippen LogP contribution is -2.24. The quantitative estimate of drug-likeness (QED) is 0.744. The Kier molecular flexibility index (Phi) is 4.79. The van der Waals surface area contributed by atoms with Crippen LogP contribution in [0.25, 0.3) is 0 Å². The van der Waals surface area contributed by atoms with Crippen molar-refractivity contribution >= 4 is 47.6 Å². The van der Waals surface area contributed by atoms with Crippen molar-refractivity contribution in [3.63, 3.8) is 0 Å². The van der Waals surface area contributed by atoms with Crippen molar-refractivity contribution in [3.8, 4) is 0 Å². The van der Waals surface area contributed by atoms with E-state index >= 15 is 0 Å². The number of hydrogen-bond donors (Lipinski definition) is 2. The van der Waals surface area contributed by atoms with Crippen LogP contribution in [0, 0.1) is 0 Å². The van der Waals surface area contributed by atoms with Crippen LogP contribution in [0.4, 0.5) is 5.69 Å². The van der Waals surface area contributed by atoms with Crippen LogP contribution < -0.4 is 10.5 Å². The maximum Gasteiger partial charge on any atom is 0.243 e. The summed E-state index contributed by atoms with van der Waals surface area (Å²) in [7, 11) is -3.68. The number of halogens is 2. The van der Waals surface area contributed by atoms with Gasteiger partial charge in [-0.2, -0.15) is 0 Å². The van der Waals surface area contributed by atoms with Gasteiger partial charge in [0.05, 0.1) is 12.2 Å². The molecule has 8 heteroatoms. The van der Waals surface area contributed by atoms with E-state index in [9.17, 15) is 8.42 Å². The first kappa shape index (κ1) is 15.4. The highest BCUT2D eigenvalue weighted by molar-refractivity contribution is 9.11. The van der Waals surface area contributed by atoms with Gasteiger partial charge in [0.1, 0.15) is 4.90 Å². The molecule has 0 radical (unpaired) electrons. The highest BCUT2D eigenvalue weighted by Crippen LogP contribution is 2.32. The maximum atomic E-state index is 12.3. The number of anilines is 1. The summed E-state index contributed by atoms with van der Waals surface area (Å²) in [6, 6.07) is 8.40. The van der Waals surface area contributed by atoms with E-state index in [1.807, 2.05) is 0 Å². The van der Waals surface area contributed by atoms with Crippen LogP contribution in [0.5, 0.6) is 0 Å². The van der Waals surface area contributed by atoms with Gasteiger partial charge in [-0.15, -0.1) is 0 Å². The van der Waals surface area contributed by atoms with Gasteiger partial charge in [0.2, 0.25) is 10.0 Å². The smallest absolute Gasteiger partial charge is 0.243 e. The van der Waals surface area contributed by atoms with Gasteiger partial charge in [-0.1, -0.05) is 6.07 Å². The summed E-state index contributed by atoms with van der Waals surface area (Å²) in [5.41, 5.74) is 6.75. The molecule has 0 atom stereocenters. The zero-order valence-electron chi connectivity index (χ0n) is 10.2. The Balaban J connectivity index is 2.28. The molecule has 0 aliphatic heterocycles. The van der Waals surface area contributed by atoms with Crippen LogP contribution in [0.15, 0.2) is 50.4 Å². The molecule has 0 spiro atoms. The number of benzene rings is 1. The zero-order chi connectivity index (χ0) is 14.8. The van der Waals surface area contributed by atoms with E-state index in [1.165, 1.54) is 0 Å². The van der Waals surface area contributed by atoms with Crippen molar-refractivity contribution in [1.29, 1.82) is 0 Å². The van der Waals surface area contributed by atoms with Gasteiger partial charge in [-0.05, 0) is 56.1 Å². The van der Waals surface area contributed by atoms with Gasteiger partial charge in [-0.25, -0.2) is 13.1 Å². The molecule has 2 rings (SSSR count). The molecule has 0 amide bonds. The normalized spacial score (nSPS) is 11.5. The van der Waals surface area contributed by atoms with E-state index in [-0.39, 0.29) is 11.4 Å². The number of nitrogens with two attached hydrogens (primary N) is 1. The molecule has 0 aliphatic rings. The second-order valence-electron chi connectivity index (χ2n) is 3.96. The second-order valence-corrected chi connectivity index (χ2v) is 7.37. The molecule has 0 bridgehead atoms. The number of rotatable bonds is 4. The zero-order valence-corrected chi connectivity index (χ0v) is 14.2. The molecule has 0 saturated heterocycles. The molecule has 106 valence electrons. The Morgan fingerprint density at radius 3 is 2.40 bits per heavy atom. The maximum absolute atomic E-state index is 12.3. The predicted molar refractivity (Wildman–Crippen MR) is 84.5 cm³/mol. The summed E-state index contributed by atoms with van der Waals surface area (Å²) in [6.45, 7) is 0.117. The van der Waals surface area contributed by atoms with Crippen LogP contribution in [0.3, 0.4) is 0 Å². The van der Waals surface area contributed by atoms with Gasteiger partial charge < -0.3 is 5.73 Å². The highest BCUT2D eigenvalue weighted by atomic mass is 79.9. The van der Waals surface area contributed by atoms with Crippen molar-refractivity contribution < 1.29 is 8.42 Å². The lowest BCUT2D eigenvalue weighted by molar-refractivity contribution is 0.579. The topological polar surface area (TPSA) is 85.1 Å². The van der Waals surface area contributed by atoms with E-state index in [2.05, 4.69) is 41.6 Å². The first-order chi connectivity index (χ1) is 9.40. The Labute approximate surface area is 133 Å². The summed E-state index contributed by atoms with van der Waals surface area (Å²) in [5, 5.41) is 0. The molecule has 0 aliphatic carbocycles. The Bertz CT molecular complexity index is 698. The van der Waals surface area contributed by atoms with Gasteiger partial charge in [0, 0.05) is 20.8 Å². The second kappa shape index (κ2) is 6.21. The fraction of sp³-hybridized carbons (Fsp3) is 0.0833. The third kappa shape index (κ3) is 3.57. The van der Waals surface area contributed by atoms with Crippen LogP contribution in [0.2, 0.25) is 0 Å². The summed E-state index contributed by atoms with van der Waals surface area (Å²) in [5.74, 6) is 0. The van der Waals surface area contributed by atoms with Crippen LogP contribution in [-0.4, -0.2) is 13.4 Å². The summed E-state index contributed by atoms with van der Waals surface area (Å²) in [6.07, 6.45) is 1.61. The first-order valence-corrected chi connectivity index (χ1v) is 8.61. The number of pyridine rings is 1. The highest BCUT2D eigenvalue weighted by Gasteiger charge is 2.21. The SMILES string of the molecule is Nc1cc(Br)c(S(=O)(=O)NCc2ccccn2)c(Br)c1. The summed E-state index contributed by atoms with van der Waals surface area (Å²) < 4.78 is 27.9. The largest absolute Gasteiger partial charge is 0.399 e. The Morgan fingerprint density at radius 2 is 1.85 bits per heavy atom. The van der Waals surface area contributed by atoms with E-state index in [0.29, 0.717) is 20.3 Å². The molecule has 0 saturated carbocycles. The first-order valence-electron chi connectivity index (χ1n) is 5.54. The molecule has 5 nitrogen and oxygen atoms in total. The lowest BCUT2D eigenvalue weighted by Gasteiger charge is -2.11. The molecule has 20 heavy (non-hydrogen) atoms. The monoisotopic (exact) mass is 419 g/mol. The van der Waals surface area contributed by atoms with Crippen molar-refractivity contribution in [3.05, 3.63) is 51.2 Å². The molecule has 1 heterocycles. The fourth-order valence-electron chi connectivity index (χ4n) is 1.58. The average Bonchev–Trinajstić information content (AvgIpc) is 2.36.